The first-order chi connectivity index (χ1) is 9.92. The van der Waals surface area contributed by atoms with E-state index in [0.717, 1.165) is 10.4 Å². The van der Waals surface area contributed by atoms with Crippen LogP contribution < -0.4 is 10.5 Å². The Morgan fingerprint density at radius 3 is 2.71 bits per heavy atom. The molecule has 0 bridgehead atoms. The third-order valence-corrected chi connectivity index (χ3v) is 5.80. The van der Waals surface area contributed by atoms with Crippen LogP contribution in [-0.4, -0.2) is 15.0 Å². The van der Waals surface area contributed by atoms with Gasteiger partial charge in [0.05, 0.1) is 4.90 Å². The van der Waals surface area contributed by atoms with Crippen molar-refractivity contribution in [2.24, 2.45) is 5.73 Å². The Balaban J connectivity index is 2.03. The normalized spacial score (nSPS) is 11.8. The Morgan fingerprint density at radius 1 is 1.33 bits per heavy atom. The largest absolute Gasteiger partial charge is 0.326 e. The second-order valence-electron chi connectivity index (χ2n) is 4.61. The molecule has 0 unspecified atom stereocenters. The van der Waals surface area contributed by atoms with Gasteiger partial charge in [-0.3, -0.25) is 0 Å². The van der Waals surface area contributed by atoms with E-state index in [9.17, 15) is 12.8 Å². The molecule has 4 nitrogen and oxygen atoms in total. The van der Waals surface area contributed by atoms with Crippen molar-refractivity contribution >= 4 is 21.4 Å². The molecule has 114 valence electrons. The molecule has 0 atom stereocenters. The summed E-state index contributed by atoms with van der Waals surface area (Å²) < 4.78 is 40.0. The van der Waals surface area contributed by atoms with Crippen LogP contribution >= 0.6 is 11.3 Å². The third-order valence-electron chi connectivity index (χ3n) is 3.01. The number of thiophene rings is 1. The van der Waals surface area contributed by atoms with Crippen molar-refractivity contribution in [2.45, 2.75) is 24.8 Å². The maximum Gasteiger partial charge on any atom is 0.241 e. The fourth-order valence-electron chi connectivity index (χ4n) is 1.99. The predicted octanol–water partition coefficient (Wildman–Crippen LogP) is 2.18. The van der Waals surface area contributed by atoms with Gasteiger partial charge >= 0.3 is 0 Å². The van der Waals surface area contributed by atoms with Crippen molar-refractivity contribution in [1.82, 2.24) is 4.72 Å². The van der Waals surface area contributed by atoms with Crippen LogP contribution in [0.4, 0.5) is 4.39 Å². The van der Waals surface area contributed by atoms with Crippen LogP contribution in [0.3, 0.4) is 0 Å². The molecule has 1 aromatic carbocycles. The molecule has 7 heteroatoms. The molecule has 21 heavy (non-hydrogen) atoms. The second kappa shape index (κ2) is 6.65. The number of benzene rings is 1. The van der Waals surface area contributed by atoms with E-state index in [4.69, 9.17) is 5.73 Å². The topological polar surface area (TPSA) is 72.2 Å². The Morgan fingerprint density at radius 2 is 2.10 bits per heavy atom. The zero-order chi connectivity index (χ0) is 15.5. The highest BCUT2D eigenvalue weighted by Gasteiger charge is 2.19. The summed E-state index contributed by atoms with van der Waals surface area (Å²) in [6, 6.07) is 7.73. The summed E-state index contributed by atoms with van der Waals surface area (Å²) >= 11 is 1.38. The molecule has 0 spiro atoms. The Kier molecular flexibility index (Phi) is 5.10. The van der Waals surface area contributed by atoms with E-state index < -0.39 is 10.0 Å². The highest BCUT2D eigenvalue weighted by molar-refractivity contribution is 7.89. The molecule has 0 amide bonds. The minimum atomic E-state index is -3.55. The summed E-state index contributed by atoms with van der Waals surface area (Å²) in [6.45, 7) is 2.30. The van der Waals surface area contributed by atoms with Gasteiger partial charge in [0.2, 0.25) is 10.0 Å². The summed E-state index contributed by atoms with van der Waals surface area (Å²) in [5, 5.41) is 0. The molecule has 0 aliphatic heterocycles. The highest BCUT2D eigenvalue weighted by atomic mass is 32.2. The van der Waals surface area contributed by atoms with Gasteiger partial charge in [-0.15, -0.1) is 11.3 Å². The first-order valence-corrected chi connectivity index (χ1v) is 8.76. The maximum absolute atomic E-state index is 13.0. The summed E-state index contributed by atoms with van der Waals surface area (Å²) in [7, 11) is -3.55. The summed E-state index contributed by atoms with van der Waals surface area (Å²) in [5.41, 5.74) is 6.28. The standard InChI is InChI=1S/C14H17FN2O2S2/c1-10-14(8-13(9-16)20-10)21(18,19)17-6-5-11-3-2-4-12(15)7-11/h2-4,7-8,17H,5-6,9,16H2,1H3. The van der Waals surface area contributed by atoms with Crippen LogP contribution in [0, 0.1) is 12.7 Å². The first kappa shape index (κ1) is 16.1. The van der Waals surface area contributed by atoms with Gasteiger partial charge in [-0.2, -0.15) is 0 Å². The van der Waals surface area contributed by atoms with Crippen LogP contribution in [0.25, 0.3) is 0 Å². The van der Waals surface area contributed by atoms with E-state index in [1.807, 2.05) is 0 Å². The van der Waals surface area contributed by atoms with Gasteiger partial charge in [0, 0.05) is 22.8 Å². The number of aryl methyl sites for hydroxylation is 1. The predicted molar refractivity (Wildman–Crippen MR) is 82.2 cm³/mol. The highest BCUT2D eigenvalue weighted by Crippen LogP contribution is 2.25. The fourth-order valence-corrected chi connectivity index (χ4v) is 4.54. The van der Waals surface area contributed by atoms with Crippen molar-refractivity contribution in [1.29, 1.82) is 0 Å². The van der Waals surface area contributed by atoms with Gasteiger partial charge < -0.3 is 5.73 Å². The van der Waals surface area contributed by atoms with E-state index in [0.29, 0.717) is 17.8 Å². The summed E-state index contributed by atoms with van der Waals surface area (Å²) in [6.07, 6.45) is 0.434. The number of halogens is 1. The number of rotatable bonds is 6. The van der Waals surface area contributed by atoms with Crippen molar-refractivity contribution in [3.63, 3.8) is 0 Å². The lowest BCUT2D eigenvalue weighted by Crippen LogP contribution is -2.26. The average molecular weight is 328 g/mol. The van der Waals surface area contributed by atoms with Gasteiger partial charge in [0.15, 0.2) is 0 Å². The Hall–Kier alpha value is -1.28. The molecule has 3 N–H and O–H groups in total. The van der Waals surface area contributed by atoms with Crippen LogP contribution in [-0.2, 0) is 23.0 Å². The molecule has 0 aliphatic carbocycles. The number of nitrogens with one attached hydrogen (secondary N) is 1. The van der Waals surface area contributed by atoms with Crippen molar-refractivity contribution in [2.75, 3.05) is 6.54 Å². The quantitative estimate of drug-likeness (QED) is 0.854. The van der Waals surface area contributed by atoms with E-state index in [-0.39, 0.29) is 17.3 Å². The molecular weight excluding hydrogens is 311 g/mol. The van der Waals surface area contributed by atoms with E-state index >= 15 is 0 Å². The van der Waals surface area contributed by atoms with Gasteiger partial charge in [-0.05, 0) is 37.1 Å². The van der Waals surface area contributed by atoms with Gasteiger partial charge in [0.25, 0.3) is 0 Å². The molecule has 2 rings (SSSR count). The summed E-state index contributed by atoms with van der Waals surface area (Å²) in [5.74, 6) is -0.323. The van der Waals surface area contributed by atoms with Crippen molar-refractivity contribution in [3.05, 3.63) is 51.5 Å². The second-order valence-corrected chi connectivity index (χ2v) is 7.69. The van der Waals surface area contributed by atoms with Gasteiger partial charge in [0.1, 0.15) is 5.82 Å². The lowest BCUT2D eigenvalue weighted by molar-refractivity contribution is 0.581. The molecular formula is C14H17FN2O2S2. The molecule has 1 heterocycles. The molecule has 0 radical (unpaired) electrons. The third kappa shape index (κ3) is 4.10. The minimum Gasteiger partial charge on any atom is -0.326 e. The smallest absolute Gasteiger partial charge is 0.241 e. The van der Waals surface area contributed by atoms with E-state index in [1.54, 1.807) is 25.1 Å². The molecule has 0 saturated carbocycles. The number of hydrogen-bond donors (Lipinski definition) is 2. The molecule has 0 saturated heterocycles. The number of nitrogens with two attached hydrogens (primary N) is 1. The van der Waals surface area contributed by atoms with Crippen LogP contribution in [0.15, 0.2) is 35.2 Å². The fraction of sp³-hybridized carbons (Fsp3) is 0.286. The number of sulfonamides is 1. The van der Waals surface area contributed by atoms with Crippen LogP contribution in [0.2, 0.25) is 0 Å². The number of hydrogen-bond acceptors (Lipinski definition) is 4. The molecule has 0 aliphatic rings. The molecule has 2 aromatic rings. The first-order valence-electron chi connectivity index (χ1n) is 6.46. The lowest BCUT2D eigenvalue weighted by atomic mass is 10.1. The Bertz CT molecular complexity index is 726. The van der Waals surface area contributed by atoms with Crippen LogP contribution in [0.1, 0.15) is 15.3 Å². The Labute approximate surface area is 127 Å². The van der Waals surface area contributed by atoms with Crippen molar-refractivity contribution in [3.8, 4) is 0 Å². The molecule has 0 fully saturated rings. The minimum absolute atomic E-state index is 0.221. The van der Waals surface area contributed by atoms with Gasteiger partial charge in [-0.25, -0.2) is 17.5 Å². The average Bonchev–Trinajstić information content (AvgIpc) is 2.81. The maximum atomic E-state index is 13.0. The van der Waals surface area contributed by atoms with Crippen molar-refractivity contribution < 1.29 is 12.8 Å². The SMILES string of the molecule is Cc1sc(CN)cc1S(=O)(=O)NCCc1cccc(F)c1. The van der Waals surface area contributed by atoms with Gasteiger partial charge in [-0.1, -0.05) is 12.1 Å². The zero-order valence-electron chi connectivity index (χ0n) is 11.6. The summed E-state index contributed by atoms with van der Waals surface area (Å²) in [4.78, 5) is 1.82. The molecule has 1 aromatic heterocycles. The van der Waals surface area contributed by atoms with E-state index in [1.165, 1.54) is 23.5 Å². The monoisotopic (exact) mass is 328 g/mol. The van der Waals surface area contributed by atoms with E-state index in [2.05, 4.69) is 4.72 Å². The van der Waals surface area contributed by atoms with Crippen LogP contribution in [0.5, 0.6) is 0 Å². The lowest BCUT2D eigenvalue weighted by Gasteiger charge is -2.06. The zero-order valence-corrected chi connectivity index (χ0v) is 13.2.